The number of anilines is 1. The maximum absolute atomic E-state index is 13.0. The minimum absolute atomic E-state index is 0.00309. The Morgan fingerprint density at radius 3 is 2.32 bits per heavy atom. The Morgan fingerprint density at radius 2 is 1.76 bits per heavy atom. The third-order valence-electron chi connectivity index (χ3n) is 4.33. The molecule has 1 saturated heterocycles. The molecule has 0 unspecified atom stereocenters. The quantitative estimate of drug-likeness (QED) is 0.828. The van der Waals surface area contributed by atoms with Crippen molar-refractivity contribution in [2.45, 2.75) is 23.7 Å². The smallest absolute Gasteiger partial charge is 0.244 e. The zero-order chi connectivity index (χ0) is 18.4. The number of hydrogen-bond donors (Lipinski definition) is 1. The van der Waals surface area contributed by atoms with Gasteiger partial charge in [0.15, 0.2) is 0 Å². The summed E-state index contributed by atoms with van der Waals surface area (Å²) in [6, 6.07) is 12.7. The first kappa shape index (κ1) is 17.6. The summed E-state index contributed by atoms with van der Waals surface area (Å²) >= 11 is 6.12. The molecule has 0 aromatic heterocycles. The number of benzene rings is 2. The average Bonchev–Trinajstić information content (AvgIpc) is 2.78. The van der Waals surface area contributed by atoms with Crippen molar-refractivity contribution >= 4 is 39.1 Å². The molecule has 1 aliphatic heterocycles. The van der Waals surface area contributed by atoms with Gasteiger partial charge in [0.25, 0.3) is 0 Å². The van der Waals surface area contributed by atoms with Gasteiger partial charge in [0.1, 0.15) is 0 Å². The van der Waals surface area contributed by atoms with Gasteiger partial charge in [-0.25, -0.2) is 18.5 Å². The van der Waals surface area contributed by atoms with E-state index in [1.807, 2.05) is 6.07 Å². The highest BCUT2D eigenvalue weighted by molar-refractivity contribution is 7.89. The third kappa shape index (κ3) is 2.95. The minimum atomic E-state index is -3.93. The summed E-state index contributed by atoms with van der Waals surface area (Å²) in [5.74, 6) is -0.810. The highest BCUT2D eigenvalue weighted by Gasteiger charge is 2.50. The van der Waals surface area contributed by atoms with Gasteiger partial charge in [-0.05, 0) is 30.7 Å². The molecule has 6 nitrogen and oxygen atoms in total. The van der Waals surface area contributed by atoms with Crippen molar-refractivity contribution in [1.29, 1.82) is 0 Å². The van der Waals surface area contributed by atoms with Crippen molar-refractivity contribution in [3.8, 4) is 0 Å². The van der Waals surface area contributed by atoms with Gasteiger partial charge in [0, 0.05) is 6.42 Å². The predicted molar refractivity (Wildman–Crippen MR) is 93.7 cm³/mol. The van der Waals surface area contributed by atoms with Crippen molar-refractivity contribution in [2.75, 3.05) is 4.90 Å². The number of imide groups is 1. The van der Waals surface area contributed by atoms with Crippen LogP contribution in [0.3, 0.4) is 0 Å². The Kier molecular flexibility index (Phi) is 4.18. The number of halogens is 1. The van der Waals surface area contributed by atoms with E-state index in [4.69, 9.17) is 16.7 Å². The normalized spacial score (nSPS) is 21.0. The summed E-state index contributed by atoms with van der Waals surface area (Å²) in [5.41, 5.74) is -0.128. The number of nitrogens with zero attached hydrogens (tertiary/aromatic N) is 1. The molecule has 0 radical (unpaired) electrons. The SMILES string of the molecule is C[C@@]1(c2ccccc2)CC(=O)N(c2ccc(S(N)(=O)=O)cc2Cl)C1=O. The van der Waals surface area contributed by atoms with Crippen LogP contribution in [0, 0.1) is 0 Å². The number of amides is 2. The summed E-state index contributed by atoms with van der Waals surface area (Å²) in [4.78, 5) is 26.3. The van der Waals surface area contributed by atoms with Crippen LogP contribution >= 0.6 is 11.6 Å². The van der Waals surface area contributed by atoms with Crippen molar-refractivity contribution < 1.29 is 18.0 Å². The fourth-order valence-electron chi connectivity index (χ4n) is 2.94. The standard InChI is InChI=1S/C17H15ClN2O4S/c1-17(11-5-3-2-4-6-11)10-15(21)20(16(17)22)14-8-7-12(9-13(14)18)25(19,23)24/h2-9H,10H2,1H3,(H2,19,23,24)/t17-/m0/s1. The Labute approximate surface area is 150 Å². The first-order chi connectivity index (χ1) is 11.6. The second kappa shape index (κ2) is 5.94. The lowest BCUT2D eigenvalue weighted by molar-refractivity contribution is -0.122. The molecule has 25 heavy (non-hydrogen) atoms. The molecule has 2 aromatic rings. The van der Waals surface area contributed by atoms with Crippen molar-refractivity contribution in [1.82, 2.24) is 0 Å². The zero-order valence-electron chi connectivity index (χ0n) is 13.3. The second-order valence-electron chi connectivity index (χ2n) is 6.07. The molecule has 2 aromatic carbocycles. The summed E-state index contributed by atoms with van der Waals surface area (Å²) in [5, 5.41) is 5.03. The van der Waals surface area contributed by atoms with Gasteiger partial charge in [-0.2, -0.15) is 0 Å². The molecule has 1 atom stereocenters. The van der Waals surface area contributed by atoms with Crippen molar-refractivity contribution in [3.63, 3.8) is 0 Å². The first-order valence-electron chi connectivity index (χ1n) is 7.40. The van der Waals surface area contributed by atoms with Crippen LogP contribution in [-0.4, -0.2) is 20.2 Å². The molecule has 0 spiro atoms. The molecule has 2 amide bonds. The van der Waals surface area contributed by atoms with Crippen LogP contribution in [0.4, 0.5) is 5.69 Å². The Bertz CT molecular complexity index is 975. The van der Waals surface area contributed by atoms with Crippen molar-refractivity contribution in [3.05, 3.63) is 59.1 Å². The van der Waals surface area contributed by atoms with E-state index in [1.165, 1.54) is 12.1 Å². The lowest BCUT2D eigenvalue weighted by Gasteiger charge is -2.23. The Morgan fingerprint density at radius 1 is 1.12 bits per heavy atom. The molecule has 0 saturated carbocycles. The predicted octanol–water partition coefficient (Wildman–Crippen LogP) is 2.21. The van der Waals surface area contributed by atoms with Crippen LogP contribution in [0.15, 0.2) is 53.4 Å². The fourth-order valence-corrected chi connectivity index (χ4v) is 3.81. The van der Waals surface area contributed by atoms with E-state index >= 15 is 0 Å². The molecule has 0 aliphatic carbocycles. The lowest BCUT2D eigenvalue weighted by atomic mass is 9.81. The molecule has 130 valence electrons. The molecule has 1 heterocycles. The Hall–Kier alpha value is -2.22. The largest absolute Gasteiger partial charge is 0.274 e. The molecule has 1 aliphatic rings. The van der Waals surface area contributed by atoms with Crippen LogP contribution < -0.4 is 10.0 Å². The van der Waals surface area contributed by atoms with Gasteiger partial charge in [-0.1, -0.05) is 41.9 Å². The monoisotopic (exact) mass is 378 g/mol. The number of nitrogens with two attached hydrogens (primary N) is 1. The van der Waals surface area contributed by atoms with Crippen LogP contribution in [0.25, 0.3) is 0 Å². The molecule has 8 heteroatoms. The summed E-state index contributed by atoms with van der Waals surface area (Å²) in [6.45, 7) is 1.70. The number of rotatable bonds is 3. The van der Waals surface area contributed by atoms with Crippen LogP contribution in [0.2, 0.25) is 5.02 Å². The van der Waals surface area contributed by atoms with E-state index in [1.54, 1.807) is 31.2 Å². The zero-order valence-corrected chi connectivity index (χ0v) is 14.8. The summed E-state index contributed by atoms with van der Waals surface area (Å²) < 4.78 is 22.8. The summed E-state index contributed by atoms with van der Waals surface area (Å²) in [7, 11) is -3.93. The fraction of sp³-hybridized carbons (Fsp3) is 0.176. The molecule has 0 bridgehead atoms. The third-order valence-corrected chi connectivity index (χ3v) is 5.54. The molecular weight excluding hydrogens is 364 g/mol. The van der Waals surface area contributed by atoms with Gasteiger partial charge < -0.3 is 0 Å². The number of carbonyl (C=O) groups is 2. The van der Waals surface area contributed by atoms with Gasteiger partial charge in [-0.15, -0.1) is 0 Å². The average molecular weight is 379 g/mol. The number of sulfonamides is 1. The molecular formula is C17H15ClN2O4S. The lowest BCUT2D eigenvalue weighted by Crippen LogP contribution is -2.36. The van der Waals surface area contributed by atoms with Gasteiger partial charge >= 0.3 is 0 Å². The van der Waals surface area contributed by atoms with Crippen LogP contribution in [-0.2, 0) is 25.0 Å². The maximum Gasteiger partial charge on any atom is 0.244 e. The van der Waals surface area contributed by atoms with Gasteiger partial charge in [-0.3, -0.25) is 9.59 Å². The van der Waals surface area contributed by atoms with E-state index in [0.29, 0.717) is 0 Å². The highest BCUT2D eigenvalue weighted by Crippen LogP contribution is 2.40. The second-order valence-corrected chi connectivity index (χ2v) is 8.04. The molecule has 2 N–H and O–H groups in total. The van der Waals surface area contributed by atoms with E-state index < -0.39 is 27.3 Å². The molecule has 1 fully saturated rings. The van der Waals surface area contributed by atoms with E-state index in [0.717, 1.165) is 16.5 Å². The van der Waals surface area contributed by atoms with Gasteiger partial charge in [0.05, 0.1) is 21.0 Å². The van der Waals surface area contributed by atoms with Crippen molar-refractivity contribution in [2.24, 2.45) is 5.14 Å². The maximum atomic E-state index is 13.0. The number of primary sulfonamides is 1. The number of carbonyl (C=O) groups excluding carboxylic acids is 2. The number of hydrogen-bond acceptors (Lipinski definition) is 4. The van der Waals surface area contributed by atoms with Crippen LogP contribution in [0.5, 0.6) is 0 Å². The van der Waals surface area contributed by atoms with E-state index in [2.05, 4.69) is 0 Å². The first-order valence-corrected chi connectivity index (χ1v) is 9.32. The molecule has 3 rings (SSSR count). The highest BCUT2D eigenvalue weighted by atomic mass is 35.5. The Balaban J connectivity index is 2.05. The minimum Gasteiger partial charge on any atom is -0.274 e. The van der Waals surface area contributed by atoms with E-state index in [-0.39, 0.29) is 22.0 Å². The topological polar surface area (TPSA) is 97.5 Å². The van der Waals surface area contributed by atoms with E-state index in [9.17, 15) is 18.0 Å². The van der Waals surface area contributed by atoms with Crippen LogP contribution in [0.1, 0.15) is 18.9 Å². The summed E-state index contributed by atoms with van der Waals surface area (Å²) in [6.07, 6.45) is 0.00309. The van der Waals surface area contributed by atoms with Gasteiger partial charge in [0.2, 0.25) is 21.8 Å².